The molecule has 0 aliphatic carbocycles. The molecule has 7 nitrogen and oxygen atoms in total. The summed E-state index contributed by atoms with van der Waals surface area (Å²) < 4.78 is 0. The lowest BCUT2D eigenvalue weighted by Crippen LogP contribution is -2.30. The number of ketones is 1. The summed E-state index contributed by atoms with van der Waals surface area (Å²) in [5, 5.41) is 21.3. The summed E-state index contributed by atoms with van der Waals surface area (Å²) in [7, 11) is 0. The molecule has 3 aromatic carbocycles. The van der Waals surface area contributed by atoms with Gasteiger partial charge in [0.1, 0.15) is 11.5 Å². The second kappa shape index (κ2) is 7.95. The van der Waals surface area contributed by atoms with E-state index in [4.69, 9.17) is 23.2 Å². The van der Waals surface area contributed by atoms with Crippen LogP contribution in [0.15, 0.2) is 72.3 Å². The Balaban J connectivity index is 1.74. The van der Waals surface area contributed by atoms with Crippen molar-refractivity contribution in [2.45, 2.75) is 6.04 Å². The number of amides is 1. The highest BCUT2D eigenvalue weighted by molar-refractivity contribution is 6.51. The van der Waals surface area contributed by atoms with Gasteiger partial charge in [0.25, 0.3) is 5.78 Å². The SMILES string of the molecule is O=C1C(=O)N(c2nc3ccccc3[nH]2)C(c2ccc(O)cc2)/C1=C(\O)c1ccc(Cl)c(Cl)c1. The molecule has 1 unspecified atom stereocenters. The van der Waals surface area contributed by atoms with Crippen molar-refractivity contribution in [2.75, 3.05) is 4.90 Å². The number of nitrogens with one attached hydrogen (secondary N) is 1. The van der Waals surface area contributed by atoms with Crippen LogP contribution in [0.2, 0.25) is 10.0 Å². The number of H-pyrrole nitrogens is 1. The smallest absolute Gasteiger partial charge is 0.302 e. The van der Waals surface area contributed by atoms with Gasteiger partial charge in [0.15, 0.2) is 0 Å². The van der Waals surface area contributed by atoms with Gasteiger partial charge in [0, 0.05) is 5.56 Å². The van der Waals surface area contributed by atoms with E-state index in [2.05, 4.69) is 9.97 Å². The first kappa shape index (κ1) is 21.1. The molecule has 0 saturated carbocycles. The second-order valence-corrected chi connectivity index (χ2v) is 8.28. The van der Waals surface area contributed by atoms with Crippen LogP contribution in [0.25, 0.3) is 16.8 Å². The van der Waals surface area contributed by atoms with Crippen LogP contribution >= 0.6 is 23.2 Å². The zero-order valence-corrected chi connectivity index (χ0v) is 18.3. The number of fused-ring (bicyclic) bond motifs is 1. The number of aliphatic hydroxyl groups excluding tert-OH is 1. The maximum absolute atomic E-state index is 13.2. The molecular formula is C24H15Cl2N3O4. The van der Waals surface area contributed by atoms with Gasteiger partial charge in [-0.15, -0.1) is 0 Å². The molecule has 0 bridgehead atoms. The molecule has 1 aliphatic heterocycles. The minimum atomic E-state index is -0.999. The molecule has 1 aliphatic rings. The van der Waals surface area contributed by atoms with E-state index >= 15 is 0 Å². The average Bonchev–Trinajstić information content (AvgIpc) is 3.34. The molecule has 2 heterocycles. The van der Waals surface area contributed by atoms with E-state index in [-0.39, 0.29) is 32.9 Å². The Morgan fingerprint density at radius 3 is 2.39 bits per heavy atom. The van der Waals surface area contributed by atoms with Crippen molar-refractivity contribution in [3.8, 4) is 5.75 Å². The maximum atomic E-state index is 13.2. The number of hydrogen-bond donors (Lipinski definition) is 3. The van der Waals surface area contributed by atoms with Crippen LogP contribution in [-0.4, -0.2) is 31.9 Å². The summed E-state index contributed by atoms with van der Waals surface area (Å²) in [6.07, 6.45) is 0. The fourth-order valence-corrected chi connectivity index (χ4v) is 4.17. The van der Waals surface area contributed by atoms with E-state index in [1.54, 1.807) is 24.3 Å². The average molecular weight is 480 g/mol. The van der Waals surface area contributed by atoms with Crippen molar-refractivity contribution >= 4 is 57.6 Å². The summed E-state index contributed by atoms with van der Waals surface area (Å²) in [6.45, 7) is 0. The monoisotopic (exact) mass is 479 g/mol. The van der Waals surface area contributed by atoms with Gasteiger partial charge < -0.3 is 15.2 Å². The van der Waals surface area contributed by atoms with Gasteiger partial charge in [-0.3, -0.25) is 14.5 Å². The van der Waals surface area contributed by atoms with Gasteiger partial charge in [0.05, 0.1) is 32.7 Å². The Kier molecular flexibility index (Phi) is 5.08. The summed E-state index contributed by atoms with van der Waals surface area (Å²) in [5.41, 5.74) is 1.89. The third-order valence-corrected chi connectivity index (χ3v) is 6.19. The minimum Gasteiger partial charge on any atom is -0.508 e. The third kappa shape index (κ3) is 3.51. The number of halogens is 2. The number of benzene rings is 3. The molecule has 3 N–H and O–H groups in total. The molecule has 1 amide bonds. The topological polar surface area (TPSA) is 107 Å². The van der Waals surface area contributed by atoms with Crippen molar-refractivity contribution in [1.29, 1.82) is 0 Å². The number of carbonyl (C=O) groups is 2. The Morgan fingerprint density at radius 2 is 1.70 bits per heavy atom. The van der Waals surface area contributed by atoms with Crippen molar-refractivity contribution in [3.05, 3.63) is 93.5 Å². The first-order valence-corrected chi connectivity index (χ1v) is 10.6. The summed E-state index contributed by atoms with van der Waals surface area (Å²) in [4.78, 5) is 35.1. The van der Waals surface area contributed by atoms with Crippen LogP contribution in [-0.2, 0) is 9.59 Å². The Bertz CT molecular complexity index is 1430. The highest BCUT2D eigenvalue weighted by Gasteiger charge is 2.48. The van der Waals surface area contributed by atoms with E-state index in [1.807, 2.05) is 12.1 Å². The molecule has 0 spiro atoms. The van der Waals surface area contributed by atoms with Gasteiger partial charge >= 0.3 is 5.91 Å². The number of nitrogens with zero attached hydrogens (tertiary/aromatic N) is 2. The lowest BCUT2D eigenvalue weighted by Gasteiger charge is -2.23. The predicted molar refractivity (Wildman–Crippen MR) is 125 cm³/mol. The molecule has 1 fully saturated rings. The number of phenolic OH excluding ortho intramolecular Hbond substituents is 1. The number of para-hydroxylation sites is 2. The zero-order valence-electron chi connectivity index (χ0n) is 16.8. The van der Waals surface area contributed by atoms with Gasteiger partial charge in [-0.1, -0.05) is 47.5 Å². The molecule has 1 atom stereocenters. The molecule has 9 heteroatoms. The molecule has 4 aromatic rings. The molecule has 1 aromatic heterocycles. The first-order chi connectivity index (χ1) is 15.8. The lowest BCUT2D eigenvalue weighted by atomic mass is 9.95. The molecule has 5 rings (SSSR count). The third-order valence-electron chi connectivity index (χ3n) is 5.45. The largest absolute Gasteiger partial charge is 0.508 e. The van der Waals surface area contributed by atoms with Crippen LogP contribution in [0.4, 0.5) is 5.95 Å². The summed E-state index contributed by atoms with van der Waals surface area (Å²) >= 11 is 12.1. The van der Waals surface area contributed by atoms with E-state index in [1.165, 1.54) is 35.2 Å². The summed E-state index contributed by atoms with van der Waals surface area (Å²) in [6, 6.07) is 16.6. The van der Waals surface area contributed by atoms with Crippen LogP contribution in [0.5, 0.6) is 5.75 Å². The van der Waals surface area contributed by atoms with Crippen LogP contribution in [0, 0.1) is 0 Å². The van der Waals surface area contributed by atoms with Crippen molar-refractivity contribution in [3.63, 3.8) is 0 Å². The van der Waals surface area contributed by atoms with E-state index in [9.17, 15) is 19.8 Å². The zero-order chi connectivity index (χ0) is 23.3. The molecule has 0 radical (unpaired) electrons. The predicted octanol–water partition coefficient (Wildman–Crippen LogP) is 5.20. The maximum Gasteiger partial charge on any atom is 0.302 e. The number of rotatable bonds is 3. The van der Waals surface area contributed by atoms with Crippen LogP contribution < -0.4 is 4.90 Å². The van der Waals surface area contributed by atoms with Gasteiger partial charge in [-0.2, -0.15) is 0 Å². The van der Waals surface area contributed by atoms with E-state index in [0.29, 0.717) is 16.6 Å². The standard InChI is InChI=1S/C24H15Cl2N3O4/c25-15-10-7-13(11-16(15)26)21(31)19-20(12-5-8-14(30)9-6-12)29(23(33)22(19)32)24-27-17-3-1-2-4-18(17)28-24/h1-11,20,30-31H,(H,27,28)/b21-19+. The number of anilines is 1. The van der Waals surface area contributed by atoms with E-state index < -0.39 is 23.5 Å². The molecular weight excluding hydrogens is 465 g/mol. The van der Waals surface area contributed by atoms with Crippen molar-refractivity contribution in [1.82, 2.24) is 9.97 Å². The van der Waals surface area contributed by atoms with Crippen LogP contribution in [0.1, 0.15) is 17.2 Å². The second-order valence-electron chi connectivity index (χ2n) is 7.47. The minimum absolute atomic E-state index is 0.0175. The summed E-state index contributed by atoms with van der Waals surface area (Å²) in [5.74, 6) is -1.96. The fraction of sp³-hybridized carbons (Fsp3) is 0.0417. The van der Waals surface area contributed by atoms with Crippen molar-refractivity contribution < 1.29 is 19.8 Å². The number of aromatic hydroxyl groups is 1. The van der Waals surface area contributed by atoms with Crippen LogP contribution in [0.3, 0.4) is 0 Å². The lowest BCUT2D eigenvalue weighted by molar-refractivity contribution is -0.132. The Hall–Kier alpha value is -3.81. The number of aromatic amines is 1. The van der Waals surface area contributed by atoms with Crippen molar-refractivity contribution in [2.24, 2.45) is 0 Å². The highest BCUT2D eigenvalue weighted by Crippen LogP contribution is 2.42. The normalized spacial score (nSPS) is 17.8. The number of imidazole rings is 1. The number of carbonyl (C=O) groups excluding carboxylic acids is 2. The number of phenols is 1. The van der Waals surface area contributed by atoms with Gasteiger partial charge in [-0.25, -0.2) is 4.98 Å². The molecule has 164 valence electrons. The number of Topliss-reactive ketones (excluding diaryl/α,β-unsaturated/α-hetero) is 1. The fourth-order valence-electron chi connectivity index (χ4n) is 3.88. The highest BCUT2D eigenvalue weighted by atomic mass is 35.5. The quantitative estimate of drug-likeness (QED) is 0.212. The first-order valence-electron chi connectivity index (χ1n) is 9.85. The number of aliphatic hydroxyl groups is 1. The Labute approximate surface area is 197 Å². The number of aromatic nitrogens is 2. The van der Waals surface area contributed by atoms with Gasteiger partial charge in [-0.05, 0) is 48.0 Å². The van der Waals surface area contributed by atoms with E-state index in [0.717, 1.165) is 0 Å². The molecule has 1 saturated heterocycles. The molecule has 33 heavy (non-hydrogen) atoms. The number of hydrogen-bond acceptors (Lipinski definition) is 5. The van der Waals surface area contributed by atoms with Gasteiger partial charge in [0.2, 0.25) is 5.95 Å². The Morgan fingerprint density at radius 1 is 0.970 bits per heavy atom.